The summed E-state index contributed by atoms with van der Waals surface area (Å²) in [5.41, 5.74) is 0.692. The van der Waals surface area contributed by atoms with Crippen LogP contribution in [0.3, 0.4) is 0 Å². The van der Waals surface area contributed by atoms with Crippen LogP contribution < -0.4 is 0 Å². The minimum absolute atomic E-state index is 0.00571. The number of amides is 1. The third-order valence-electron chi connectivity index (χ3n) is 5.99. The molecule has 0 aromatic heterocycles. The molecule has 1 unspecified atom stereocenters. The summed E-state index contributed by atoms with van der Waals surface area (Å²) in [6, 6.07) is 7.01. The zero-order chi connectivity index (χ0) is 19.3. The van der Waals surface area contributed by atoms with Crippen LogP contribution in [-0.2, 0) is 20.8 Å². The van der Waals surface area contributed by atoms with Gasteiger partial charge >= 0.3 is 0 Å². The molecular weight excluding hydrogens is 347 g/mol. The molecule has 1 aromatic carbocycles. The largest absolute Gasteiger partial charge is 0.375 e. The van der Waals surface area contributed by atoms with Crippen molar-refractivity contribution in [2.75, 3.05) is 47.0 Å². The van der Waals surface area contributed by atoms with Gasteiger partial charge in [0.15, 0.2) is 0 Å². The van der Waals surface area contributed by atoms with Crippen LogP contribution >= 0.6 is 0 Å². The summed E-state index contributed by atoms with van der Waals surface area (Å²) in [4.78, 5) is 15.4. The van der Waals surface area contributed by atoms with Crippen molar-refractivity contribution < 1.29 is 18.7 Å². The van der Waals surface area contributed by atoms with Crippen molar-refractivity contribution in [3.8, 4) is 0 Å². The molecule has 1 atom stereocenters. The highest BCUT2D eigenvalue weighted by molar-refractivity contribution is 5.76. The van der Waals surface area contributed by atoms with Gasteiger partial charge in [-0.25, -0.2) is 4.39 Å². The number of hydrogen-bond acceptors (Lipinski definition) is 4. The zero-order valence-corrected chi connectivity index (χ0v) is 16.5. The fourth-order valence-corrected chi connectivity index (χ4v) is 4.22. The average molecular weight is 378 g/mol. The lowest BCUT2D eigenvalue weighted by Crippen LogP contribution is -2.47. The predicted octanol–water partition coefficient (Wildman–Crippen LogP) is 2.69. The van der Waals surface area contributed by atoms with Gasteiger partial charge in [-0.1, -0.05) is 18.2 Å². The van der Waals surface area contributed by atoms with Gasteiger partial charge in [-0.15, -0.1) is 0 Å². The van der Waals surface area contributed by atoms with E-state index in [1.165, 1.54) is 6.07 Å². The van der Waals surface area contributed by atoms with E-state index < -0.39 is 0 Å². The fraction of sp³-hybridized carbons (Fsp3) is 0.667. The highest BCUT2D eigenvalue weighted by atomic mass is 19.1. The Morgan fingerprint density at radius 1 is 1.33 bits per heavy atom. The molecule has 3 rings (SSSR count). The third kappa shape index (κ3) is 5.06. The maximum atomic E-state index is 13.9. The SMILES string of the molecule is CN(C)C(=O)COCCC1CCOC12CCN(Cc1ccccc1F)CC2. The number of ether oxygens (including phenoxy) is 2. The van der Waals surface area contributed by atoms with Crippen LogP contribution in [0, 0.1) is 11.7 Å². The van der Waals surface area contributed by atoms with Crippen molar-refractivity contribution in [1.82, 2.24) is 9.80 Å². The molecule has 2 fully saturated rings. The minimum atomic E-state index is -0.128. The predicted molar refractivity (Wildman–Crippen MR) is 102 cm³/mol. The summed E-state index contributed by atoms with van der Waals surface area (Å²) in [7, 11) is 3.47. The number of likely N-dealkylation sites (N-methyl/N-ethyl adjacent to an activating group) is 1. The number of piperidine rings is 1. The Kier molecular flexibility index (Phi) is 6.84. The Balaban J connectivity index is 1.46. The Morgan fingerprint density at radius 3 is 2.78 bits per heavy atom. The van der Waals surface area contributed by atoms with Gasteiger partial charge in [-0.05, 0) is 37.7 Å². The lowest BCUT2D eigenvalue weighted by atomic mass is 9.78. The molecule has 1 amide bonds. The van der Waals surface area contributed by atoms with Crippen molar-refractivity contribution >= 4 is 5.91 Å². The van der Waals surface area contributed by atoms with Gasteiger partial charge in [-0.3, -0.25) is 9.69 Å². The summed E-state index contributed by atoms with van der Waals surface area (Å²) < 4.78 is 25.7. The fourth-order valence-electron chi connectivity index (χ4n) is 4.22. The standard InChI is InChI=1S/C21H31FN2O3/c1-23(2)20(25)16-26-13-7-18-8-14-27-21(18)9-11-24(12-10-21)15-17-5-3-4-6-19(17)22/h3-6,18H,7-16H2,1-2H3. The van der Waals surface area contributed by atoms with E-state index in [4.69, 9.17) is 9.47 Å². The van der Waals surface area contributed by atoms with Gasteiger partial charge in [0, 0.05) is 52.5 Å². The molecule has 2 aliphatic heterocycles. The summed E-state index contributed by atoms with van der Waals surface area (Å²) in [5, 5.41) is 0. The number of likely N-dealkylation sites (tertiary alicyclic amines) is 1. The van der Waals surface area contributed by atoms with Crippen LogP contribution in [-0.4, -0.2) is 68.3 Å². The van der Waals surface area contributed by atoms with Gasteiger partial charge in [0.2, 0.25) is 5.91 Å². The number of carbonyl (C=O) groups is 1. The lowest BCUT2D eigenvalue weighted by molar-refractivity contribution is -0.133. The minimum Gasteiger partial charge on any atom is -0.375 e. The maximum absolute atomic E-state index is 13.9. The number of halogens is 1. The second-order valence-electron chi connectivity index (χ2n) is 7.90. The highest BCUT2D eigenvalue weighted by Gasteiger charge is 2.45. The van der Waals surface area contributed by atoms with Gasteiger partial charge in [-0.2, -0.15) is 0 Å². The Hall–Kier alpha value is -1.50. The maximum Gasteiger partial charge on any atom is 0.248 e. The van der Waals surface area contributed by atoms with Crippen molar-refractivity contribution in [2.24, 2.45) is 5.92 Å². The molecule has 2 saturated heterocycles. The zero-order valence-electron chi connectivity index (χ0n) is 16.5. The first-order valence-corrected chi connectivity index (χ1v) is 9.88. The molecule has 27 heavy (non-hydrogen) atoms. The third-order valence-corrected chi connectivity index (χ3v) is 5.99. The van der Waals surface area contributed by atoms with Crippen LogP contribution in [0.4, 0.5) is 4.39 Å². The van der Waals surface area contributed by atoms with Crippen LogP contribution in [0.2, 0.25) is 0 Å². The molecule has 0 aliphatic carbocycles. The Labute approximate surface area is 161 Å². The van der Waals surface area contributed by atoms with Crippen LogP contribution in [0.25, 0.3) is 0 Å². The molecule has 2 aliphatic rings. The quantitative estimate of drug-likeness (QED) is 0.684. The Morgan fingerprint density at radius 2 is 2.07 bits per heavy atom. The summed E-state index contributed by atoms with van der Waals surface area (Å²) in [6.45, 7) is 4.03. The van der Waals surface area contributed by atoms with E-state index in [-0.39, 0.29) is 23.9 Å². The number of nitrogens with zero attached hydrogens (tertiary/aromatic N) is 2. The van der Waals surface area contributed by atoms with E-state index in [0.29, 0.717) is 19.1 Å². The first kappa shape index (κ1) is 20.2. The smallest absolute Gasteiger partial charge is 0.248 e. The molecule has 1 spiro atoms. The highest BCUT2D eigenvalue weighted by Crippen LogP contribution is 2.42. The second-order valence-corrected chi connectivity index (χ2v) is 7.90. The van der Waals surface area contributed by atoms with Gasteiger partial charge in [0.05, 0.1) is 5.60 Å². The summed E-state index contributed by atoms with van der Waals surface area (Å²) >= 11 is 0. The van der Waals surface area contributed by atoms with E-state index in [2.05, 4.69) is 4.90 Å². The molecule has 1 aromatic rings. The molecule has 0 N–H and O–H groups in total. The van der Waals surface area contributed by atoms with Crippen molar-refractivity contribution in [3.63, 3.8) is 0 Å². The first-order chi connectivity index (χ1) is 13.0. The summed E-state index contributed by atoms with van der Waals surface area (Å²) in [5.74, 6) is 0.341. The van der Waals surface area contributed by atoms with Gasteiger partial charge < -0.3 is 14.4 Å². The normalized spacial score (nSPS) is 22.3. The van der Waals surface area contributed by atoms with Crippen molar-refractivity contribution in [2.45, 2.75) is 37.8 Å². The number of hydrogen-bond donors (Lipinski definition) is 0. The summed E-state index contributed by atoms with van der Waals surface area (Å²) in [6.07, 6.45) is 3.93. The second kappa shape index (κ2) is 9.13. The van der Waals surface area contributed by atoms with E-state index in [9.17, 15) is 9.18 Å². The van der Waals surface area contributed by atoms with Crippen LogP contribution in [0.5, 0.6) is 0 Å². The van der Waals surface area contributed by atoms with Crippen molar-refractivity contribution in [1.29, 1.82) is 0 Å². The Bertz CT molecular complexity index is 630. The van der Waals surface area contributed by atoms with Crippen LogP contribution in [0.1, 0.15) is 31.2 Å². The molecule has 0 bridgehead atoms. The molecular formula is C21H31FN2O3. The molecule has 6 heteroatoms. The first-order valence-electron chi connectivity index (χ1n) is 9.88. The molecule has 0 saturated carbocycles. The van der Waals surface area contributed by atoms with E-state index in [1.54, 1.807) is 25.1 Å². The molecule has 0 radical (unpaired) electrons. The molecule has 5 nitrogen and oxygen atoms in total. The van der Waals surface area contributed by atoms with Gasteiger partial charge in [0.1, 0.15) is 12.4 Å². The van der Waals surface area contributed by atoms with Crippen LogP contribution in [0.15, 0.2) is 24.3 Å². The lowest BCUT2D eigenvalue weighted by Gasteiger charge is -2.42. The number of carbonyl (C=O) groups excluding carboxylic acids is 1. The van der Waals surface area contributed by atoms with E-state index >= 15 is 0 Å². The van der Waals surface area contributed by atoms with Gasteiger partial charge in [0.25, 0.3) is 0 Å². The molecule has 150 valence electrons. The van der Waals surface area contributed by atoms with E-state index in [0.717, 1.165) is 50.9 Å². The van der Waals surface area contributed by atoms with E-state index in [1.807, 2.05) is 12.1 Å². The topological polar surface area (TPSA) is 42.0 Å². The van der Waals surface area contributed by atoms with Crippen molar-refractivity contribution in [3.05, 3.63) is 35.6 Å². The molecule has 2 heterocycles. The number of benzene rings is 1. The monoisotopic (exact) mass is 378 g/mol. The average Bonchev–Trinajstić information content (AvgIpc) is 3.04. The number of rotatable bonds is 7.